The summed E-state index contributed by atoms with van der Waals surface area (Å²) in [7, 11) is 0. The van der Waals surface area contributed by atoms with Gasteiger partial charge in [0.25, 0.3) is 0 Å². The Kier molecular flexibility index (Phi) is 8.43. The van der Waals surface area contributed by atoms with E-state index in [0.717, 1.165) is 42.4 Å². The first-order chi connectivity index (χ1) is 20.5. The summed E-state index contributed by atoms with van der Waals surface area (Å²) >= 11 is 0. The van der Waals surface area contributed by atoms with Crippen molar-refractivity contribution in [3.8, 4) is 5.75 Å². The number of carbonyl (C=O) groups excluding carboxylic acids is 1. The Morgan fingerprint density at radius 2 is 1.86 bits per heavy atom. The van der Waals surface area contributed by atoms with E-state index >= 15 is 0 Å². The number of benzene rings is 1. The van der Waals surface area contributed by atoms with Gasteiger partial charge in [0.15, 0.2) is 6.29 Å². The molecule has 43 heavy (non-hydrogen) atoms. The van der Waals surface area contributed by atoms with E-state index in [4.69, 9.17) is 14.2 Å². The molecule has 2 saturated carbocycles. The standard InChI is InChI=1S/C33H46O10/c1-15-17(14-41-32-30(39)29(38)28(37)26(13-34)43-32)11-25(42-31(15)40)16(2)21-7-8-22-20-12-24(36)19-5-4-6-23(35)27(19)18(20)9-10-33(21,22)3/h4-6,16,18,20-22,24-26,28-30,32,34-39H,7-14H2,1-3H3/t16-,18-,20+,21+,22-,24-,25+,26?,28?,29?,30?,32?,33+/m0/s1. The minimum Gasteiger partial charge on any atom is -0.508 e. The summed E-state index contributed by atoms with van der Waals surface area (Å²) in [5, 5.41) is 61.9. The van der Waals surface area contributed by atoms with Crippen molar-refractivity contribution in [1.29, 1.82) is 0 Å². The number of rotatable bonds is 6. The Morgan fingerprint density at radius 3 is 2.60 bits per heavy atom. The zero-order valence-corrected chi connectivity index (χ0v) is 25.1. The highest BCUT2D eigenvalue weighted by Gasteiger charge is 2.58. The van der Waals surface area contributed by atoms with Gasteiger partial charge in [0, 0.05) is 17.6 Å². The van der Waals surface area contributed by atoms with Gasteiger partial charge in [0.1, 0.15) is 36.3 Å². The van der Waals surface area contributed by atoms with Crippen molar-refractivity contribution in [2.45, 2.75) is 108 Å². The number of aromatic hydroxyl groups is 1. The quantitative estimate of drug-likeness (QED) is 0.266. The monoisotopic (exact) mass is 602 g/mol. The molecule has 0 spiro atoms. The lowest BCUT2D eigenvalue weighted by atomic mass is 9.52. The van der Waals surface area contributed by atoms with Crippen molar-refractivity contribution in [3.05, 3.63) is 40.5 Å². The van der Waals surface area contributed by atoms with E-state index in [-0.39, 0.29) is 41.6 Å². The van der Waals surface area contributed by atoms with E-state index in [9.17, 15) is 35.4 Å². The van der Waals surface area contributed by atoms with Gasteiger partial charge in [-0.05, 0) is 91.2 Å². The summed E-state index contributed by atoms with van der Waals surface area (Å²) in [6, 6.07) is 5.48. The van der Waals surface area contributed by atoms with Crippen molar-refractivity contribution in [3.63, 3.8) is 0 Å². The van der Waals surface area contributed by atoms with Crippen LogP contribution in [0.5, 0.6) is 5.75 Å². The maximum absolute atomic E-state index is 13.0. The highest BCUT2D eigenvalue weighted by atomic mass is 16.7. The van der Waals surface area contributed by atoms with E-state index < -0.39 is 49.4 Å². The maximum atomic E-state index is 13.0. The molecule has 0 aromatic heterocycles. The fourth-order valence-electron chi connectivity index (χ4n) is 9.44. The number of fused-ring (bicyclic) bond motifs is 5. The Balaban J connectivity index is 1.15. The number of hydrogen-bond acceptors (Lipinski definition) is 10. The number of hydrogen-bond donors (Lipinski definition) is 6. The summed E-state index contributed by atoms with van der Waals surface area (Å²) in [4.78, 5) is 13.0. The lowest BCUT2D eigenvalue weighted by molar-refractivity contribution is -0.299. The first kappa shape index (κ1) is 31.0. The molecule has 0 amide bonds. The van der Waals surface area contributed by atoms with Gasteiger partial charge < -0.3 is 44.8 Å². The third-order valence-electron chi connectivity index (χ3n) is 11.9. The van der Waals surface area contributed by atoms with Crippen LogP contribution in [0.4, 0.5) is 0 Å². The minimum atomic E-state index is -1.54. The van der Waals surface area contributed by atoms with Crippen molar-refractivity contribution in [1.82, 2.24) is 0 Å². The van der Waals surface area contributed by atoms with Crippen LogP contribution in [0.2, 0.25) is 0 Å². The molecule has 5 aliphatic rings. The lowest BCUT2D eigenvalue weighted by Gasteiger charge is -2.53. The van der Waals surface area contributed by atoms with Crippen molar-refractivity contribution < 1.29 is 49.6 Å². The molecule has 1 aromatic carbocycles. The average Bonchev–Trinajstić information content (AvgIpc) is 3.34. The van der Waals surface area contributed by atoms with E-state index in [0.29, 0.717) is 30.3 Å². The van der Waals surface area contributed by atoms with Crippen LogP contribution < -0.4 is 0 Å². The average molecular weight is 603 g/mol. The molecule has 2 aliphatic heterocycles. The van der Waals surface area contributed by atoms with Gasteiger partial charge in [0.05, 0.1) is 19.3 Å². The maximum Gasteiger partial charge on any atom is 0.334 e. The summed E-state index contributed by atoms with van der Waals surface area (Å²) in [6.07, 6.45) is -2.66. The molecule has 10 heteroatoms. The van der Waals surface area contributed by atoms with E-state index in [1.165, 1.54) is 0 Å². The van der Waals surface area contributed by atoms with Gasteiger partial charge in [-0.15, -0.1) is 0 Å². The number of aliphatic hydroxyl groups is 5. The van der Waals surface area contributed by atoms with Crippen LogP contribution in [-0.4, -0.2) is 86.6 Å². The third-order valence-corrected chi connectivity index (χ3v) is 11.9. The molecule has 1 saturated heterocycles. The molecule has 6 N–H and O–H groups in total. The van der Waals surface area contributed by atoms with Gasteiger partial charge in [-0.3, -0.25) is 0 Å². The number of ether oxygens (including phenoxy) is 3. The summed E-state index contributed by atoms with van der Waals surface area (Å²) in [5.41, 5.74) is 2.98. The number of phenols is 1. The second-order valence-electron chi connectivity index (χ2n) is 13.9. The molecule has 238 valence electrons. The number of esters is 1. The molecule has 3 fully saturated rings. The van der Waals surface area contributed by atoms with Gasteiger partial charge in [-0.2, -0.15) is 0 Å². The molecule has 1 aromatic rings. The first-order valence-electron chi connectivity index (χ1n) is 15.8. The predicted molar refractivity (Wildman–Crippen MR) is 154 cm³/mol. The Morgan fingerprint density at radius 1 is 1.09 bits per heavy atom. The summed E-state index contributed by atoms with van der Waals surface area (Å²) in [6.45, 7) is 5.64. The Bertz CT molecular complexity index is 1250. The fourth-order valence-corrected chi connectivity index (χ4v) is 9.44. The zero-order valence-electron chi connectivity index (χ0n) is 25.1. The highest BCUT2D eigenvalue weighted by molar-refractivity contribution is 5.89. The van der Waals surface area contributed by atoms with E-state index in [2.05, 4.69) is 13.8 Å². The topological polar surface area (TPSA) is 166 Å². The Hall–Kier alpha value is -2.05. The zero-order chi connectivity index (χ0) is 30.8. The lowest BCUT2D eigenvalue weighted by Crippen LogP contribution is -2.59. The number of aliphatic hydroxyl groups excluding tert-OH is 5. The van der Waals surface area contributed by atoms with Crippen LogP contribution in [0.15, 0.2) is 29.3 Å². The highest BCUT2D eigenvalue weighted by Crippen LogP contribution is 2.66. The van der Waals surface area contributed by atoms with Crippen LogP contribution >= 0.6 is 0 Å². The van der Waals surface area contributed by atoms with Gasteiger partial charge in [-0.1, -0.05) is 26.0 Å². The normalized spacial score (nSPS) is 43.4. The van der Waals surface area contributed by atoms with E-state index in [1.807, 2.05) is 12.1 Å². The molecular formula is C33H46O10. The van der Waals surface area contributed by atoms with Crippen molar-refractivity contribution in [2.75, 3.05) is 13.2 Å². The number of cyclic esters (lactones) is 1. The smallest absolute Gasteiger partial charge is 0.334 e. The van der Waals surface area contributed by atoms with Crippen molar-refractivity contribution >= 4 is 5.97 Å². The molecule has 0 radical (unpaired) electrons. The minimum absolute atomic E-state index is 0.0117. The molecule has 6 rings (SSSR count). The Labute approximate surface area is 252 Å². The fraction of sp³-hybridized carbons (Fsp3) is 0.727. The van der Waals surface area contributed by atoms with Gasteiger partial charge >= 0.3 is 5.97 Å². The molecule has 3 aliphatic carbocycles. The van der Waals surface area contributed by atoms with Crippen LogP contribution in [0, 0.1) is 29.1 Å². The summed E-state index contributed by atoms with van der Waals surface area (Å²) < 4.78 is 17.3. The van der Waals surface area contributed by atoms with Gasteiger partial charge in [0.2, 0.25) is 0 Å². The molecule has 0 bridgehead atoms. The predicted octanol–water partition coefficient (Wildman–Crippen LogP) is 2.44. The van der Waals surface area contributed by atoms with Crippen LogP contribution in [-0.2, 0) is 19.0 Å². The second kappa shape index (κ2) is 11.7. The molecular weight excluding hydrogens is 556 g/mol. The molecule has 5 unspecified atom stereocenters. The molecule has 2 heterocycles. The largest absolute Gasteiger partial charge is 0.508 e. The van der Waals surface area contributed by atoms with Crippen LogP contribution in [0.25, 0.3) is 0 Å². The third kappa shape index (κ3) is 5.13. The first-order valence-corrected chi connectivity index (χ1v) is 15.8. The number of carbonyl (C=O) groups is 1. The second-order valence-corrected chi connectivity index (χ2v) is 13.9. The van der Waals surface area contributed by atoms with Crippen LogP contribution in [0.3, 0.4) is 0 Å². The molecule has 10 nitrogen and oxygen atoms in total. The van der Waals surface area contributed by atoms with Crippen LogP contribution in [0.1, 0.15) is 82.4 Å². The number of phenolic OH excluding ortho intramolecular Hbond substituents is 1. The SMILES string of the molecule is CC1=C(COC2OC(CO)C(O)C(O)C2O)C[C@H]([C@@H](C)[C@H]2CC[C@H]3[C@@H]4C[C@H](O)c5cccc(O)c5[C@H]4CC[C@]23C)OC1=O. The summed E-state index contributed by atoms with van der Waals surface area (Å²) in [5.74, 6) is 1.17. The van der Waals surface area contributed by atoms with Gasteiger partial charge in [-0.25, -0.2) is 4.79 Å². The molecule has 13 atom stereocenters. The van der Waals surface area contributed by atoms with E-state index in [1.54, 1.807) is 13.0 Å². The van der Waals surface area contributed by atoms with Crippen molar-refractivity contribution in [2.24, 2.45) is 29.1 Å².